The number of fused-ring (bicyclic) bond motifs is 1. The summed E-state index contributed by atoms with van der Waals surface area (Å²) in [6.45, 7) is 20.5. The number of hydrogen-bond donors (Lipinski definition) is 0. The Bertz CT molecular complexity index is 1430. The molecule has 2 unspecified atom stereocenters. The molecule has 2 aromatic rings. The second-order valence-corrected chi connectivity index (χ2v) is 26.2. The van der Waals surface area contributed by atoms with E-state index in [1.807, 2.05) is 12.1 Å². The first-order valence-electron chi connectivity index (χ1n) is 18.2. The predicted molar refractivity (Wildman–Crippen MR) is 194 cm³/mol. The van der Waals surface area contributed by atoms with Crippen molar-refractivity contribution in [2.75, 3.05) is 6.61 Å². The number of carbonyl (C=O) groups excluding carboxylic acids is 2. The van der Waals surface area contributed by atoms with Crippen molar-refractivity contribution in [1.29, 1.82) is 0 Å². The van der Waals surface area contributed by atoms with Gasteiger partial charge in [0.05, 0.1) is 6.10 Å². The number of benzene rings is 2. The molecule has 3 saturated carbocycles. The van der Waals surface area contributed by atoms with Crippen LogP contribution in [0.25, 0.3) is 0 Å². The van der Waals surface area contributed by atoms with Crippen molar-refractivity contribution in [3.8, 4) is 0 Å². The van der Waals surface area contributed by atoms with Crippen LogP contribution in [0.3, 0.4) is 0 Å². The average molecular weight is 675 g/mol. The molecule has 8 atom stereocenters. The summed E-state index contributed by atoms with van der Waals surface area (Å²) >= 11 is 0. The van der Waals surface area contributed by atoms with Gasteiger partial charge in [0.2, 0.25) is 0 Å². The van der Waals surface area contributed by atoms with Crippen LogP contribution in [0.2, 0.25) is 24.2 Å². The number of hydrogen-bond acceptors (Lipinski definition) is 5. The second kappa shape index (κ2) is 12.1. The van der Waals surface area contributed by atoms with Gasteiger partial charge in [-0.1, -0.05) is 109 Å². The van der Waals surface area contributed by atoms with E-state index in [4.69, 9.17) is 13.6 Å². The number of ether oxygens (including phenoxy) is 1. The quantitative estimate of drug-likeness (QED) is 0.221. The van der Waals surface area contributed by atoms with Crippen LogP contribution in [0, 0.1) is 34.0 Å². The topological polar surface area (TPSA) is 61.8 Å². The molecule has 2 aromatic carbocycles. The van der Waals surface area contributed by atoms with Crippen LogP contribution in [0.15, 0.2) is 60.7 Å². The Hall–Kier alpha value is -2.07. The van der Waals surface area contributed by atoms with Gasteiger partial charge >= 0.3 is 5.97 Å². The van der Waals surface area contributed by atoms with Gasteiger partial charge in [0, 0.05) is 17.8 Å². The molecule has 1 heterocycles. The maximum absolute atomic E-state index is 14.3. The lowest BCUT2D eigenvalue weighted by atomic mass is 9.43. The molecule has 2 bridgehead atoms. The zero-order valence-electron chi connectivity index (χ0n) is 30.4. The molecule has 0 radical (unpaired) electrons. The normalized spacial score (nSPS) is 36.6. The first-order chi connectivity index (χ1) is 22.0. The van der Waals surface area contributed by atoms with Gasteiger partial charge in [-0.05, 0) is 89.3 Å². The molecule has 256 valence electrons. The number of esters is 1. The summed E-state index contributed by atoms with van der Waals surface area (Å²) in [5, 5.41) is 2.03. The van der Waals surface area contributed by atoms with Crippen molar-refractivity contribution < 1.29 is 23.2 Å². The first kappa shape index (κ1) is 34.8. The van der Waals surface area contributed by atoms with Crippen molar-refractivity contribution in [3.63, 3.8) is 0 Å². The van der Waals surface area contributed by atoms with Crippen LogP contribution in [0.5, 0.6) is 0 Å². The fourth-order valence-corrected chi connectivity index (χ4v) is 18.4. The molecule has 3 aliphatic carbocycles. The van der Waals surface area contributed by atoms with Crippen molar-refractivity contribution in [1.82, 2.24) is 0 Å². The largest absolute Gasteiger partial charge is 0.460 e. The van der Waals surface area contributed by atoms with E-state index in [1.54, 1.807) is 0 Å². The highest BCUT2D eigenvalue weighted by atomic mass is 28.4. The molecule has 7 heteroatoms. The standard InChI is InChI=1S/C40H58O5Si2/c1-10-38(6)25-33(39(7)28(2)21-23-40(24-22-32(41)35(39)40)31-27-46(8,9)45-36(31)38)44-34(42)26-43-47(37(3,4)5,29-17-13-11-14-18-29)30-19-15-12-16-20-30/h11-20,28,31,33,35-36H,10,21-27H2,1-9H3/t28-,31-,33-,35?,36+,38+,39+,40?/m1/s1. The molecule has 0 amide bonds. The van der Waals surface area contributed by atoms with E-state index >= 15 is 0 Å². The Morgan fingerprint density at radius 3 is 2.15 bits per heavy atom. The van der Waals surface area contributed by atoms with Gasteiger partial charge in [-0.2, -0.15) is 0 Å². The van der Waals surface area contributed by atoms with Crippen LogP contribution in [-0.2, 0) is 23.2 Å². The van der Waals surface area contributed by atoms with Gasteiger partial charge in [0.25, 0.3) is 8.32 Å². The molecule has 1 saturated heterocycles. The lowest BCUT2D eigenvalue weighted by Gasteiger charge is -2.62. The van der Waals surface area contributed by atoms with Crippen molar-refractivity contribution >= 4 is 38.8 Å². The van der Waals surface area contributed by atoms with Gasteiger partial charge in [-0.25, -0.2) is 4.79 Å². The van der Waals surface area contributed by atoms with E-state index in [9.17, 15) is 9.59 Å². The lowest BCUT2D eigenvalue weighted by Crippen LogP contribution is -2.67. The van der Waals surface area contributed by atoms with E-state index < -0.39 is 22.0 Å². The first-order valence-corrected chi connectivity index (χ1v) is 23.2. The Kier molecular flexibility index (Phi) is 8.93. The Balaban J connectivity index is 1.38. The van der Waals surface area contributed by atoms with Gasteiger partial charge in [0.15, 0.2) is 8.32 Å². The summed E-state index contributed by atoms with van der Waals surface area (Å²) < 4.78 is 21.0. The highest BCUT2D eigenvalue weighted by molar-refractivity contribution is 6.99. The predicted octanol–water partition coefficient (Wildman–Crippen LogP) is 7.92. The fraction of sp³-hybridized carbons (Fsp3) is 0.650. The number of Topliss-reactive ketones (excluding diaryl/α,β-unsaturated/α-hetero) is 1. The van der Waals surface area contributed by atoms with Crippen molar-refractivity contribution in [2.45, 2.75) is 123 Å². The fourth-order valence-electron chi connectivity index (χ4n) is 11.0. The molecule has 47 heavy (non-hydrogen) atoms. The van der Waals surface area contributed by atoms with Crippen LogP contribution in [0.4, 0.5) is 0 Å². The number of rotatable bonds is 7. The zero-order valence-corrected chi connectivity index (χ0v) is 32.4. The molecule has 0 aromatic heterocycles. The monoisotopic (exact) mass is 674 g/mol. The zero-order chi connectivity index (χ0) is 34.0. The SMILES string of the molecule is CC[C@@]1(C)C[C@@H](OC(=O)CO[Si](c2ccccc2)(c2ccccc2)C(C)(C)C)[C@@]2(C)C3C(=O)CCC3(CC[C@H]2C)[C@@H]2C[Si](C)(C)O[C@@H]21. The van der Waals surface area contributed by atoms with Crippen LogP contribution in [-0.4, -0.2) is 47.2 Å². The van der Waals surface area contributed by atoms with E-state index in [2.05, 4.69) is 110 Å². The maximum Gasteiger partial charge on any atom is 0.331 e. The molecule has 6 rings (SSSR count). The van der Waals surface area contributed by atoms with Crippen LogP contribution >= 0.6 is 0 Å². The third-order valence-corrected chi connectivity index (χ3v) is 21.0. The highest BCUT2D eigenvalue weighted by Crippen LogP contribution is 2.70. The van der Waals surface area contributed by atoms with Gasteiger partial charge in [-0.3, -0.25) is 4.79 Å². The molecule has 4 aliphatic rings. The van der Waals surface area contributed by atoms with E-state index in [0.717, 1.165) is 42.1 Å². The summed E-state index contributed by atoms with van der Waals surface area (Å²) in [4.78, 5) is 28.5. The third kappa shape index (κ3) is 5.46. The Morgan fingerprint density at radius 1 is 1.00 bits per heavy atom. The van der Waals surface area contributed by atoms with Crippen LogP contribution in [0.1, 0.15) is 87.0 Å². The summed E-state index contributed by atoms with van der Waals surface area (Å²) in [5.41, 5.74) is -0.664. The van der Waals surface area contributed by atoms with E-state index in [0.29, 0.717) is 24.5 Å². The minimum atomic E-state index is -2.93. The average Bonchev–Trinajstić information content (AvgIpc) is 3.56. The highest BCUT2D eigenvalue weighted by Gasteiger charge is 2.71. The molecular formula is C40H58O5Si2. The van der Waals surface area contributed by atoms with Gasteiger partial charge < -0.3 is 13.6 Å². The molecule has 0 N–H and O–H groups in total. The van der Waals surface area contributed by atoms with E-state index in [1.165, 1.54) is 0 Å². The van der Waals surface area contributed by atoms with Gasteiger partial charge in [-0.15, -0.1) is 0 Å². The van der Waals surface area contributed by atoms with Gasteiger partial charge in [0.1, 0.15) is 18.5 Å². The third-order valence-electron chi connectivity index (χ3n) is 13.7. The Labute approximate surface area is 285 Å². The minimum absolute atomic E-state index is 0.0727. The minimum Gasteiger partial charge on any atom is -0.460 e. The number of ketones is 1. The molecule has 1 aliphatic heterocycles. The molecular weight excluding hydrogens is 617 g/mol. The summed E-state index contributed by atoms with van der Waals surface area (Å²) in [7, 11) is -4.83. The summed E-state index contributed by atoms with van der Waals surface area (Å²) in [5.74, 6) is 0.620. The smallest absolute Gasteiger partial charge is 0.331 e. The summed E-state index contributed by atoms with van der Waals surface area (Å²) in [6.07, 6.45) is 5.08. The molecule has 0 spiro atoms. The lowest BCUT2D eigenvalue weighted by molar-refractivity contribution is -0.206. The second-order valence-electron chi connectivity index (χ2n) is 17.7. The molecule has 4 fully saturated rings. The van der Waals surface area contributed by atoms with Crippen molar-refractivity contribution in [3.05, 3.63) is 60.7 Å². The van der Waals surface area contributed by atoms with Crippen molar-refractivity contribution in [2.24, 2.45) is 34.0 Å². The summed E-state index contributed by atoms with van der Waals surface area (Å²) in [6, 6.07) is 22.0. The Morgan fingerprint density at radius 2 is 1.60 bits per heavy atom. The maximum atomic E-state index is 14.3. The van der Waals surface area contributed by atoms with E-state index in [-0.39, 0.29) is 52.5 Å². The number of carbonyl (C=O) groups is 2. The molecule has 5 nitrogen and oxygen atoms in total. The van der Waals surface area contributed by atoms with Crippen LogP contribution < -0.4 is 10.4 Å².